The molecule has 1 aromatic rings. The number of hydrogen-bond acceptors (Lipinski definition) is 3. The lowest BCUT2D eigenvalue weighted by molar-refractivity contribution is 0.199. The van der Waals surface area contributed by atoms with E-state index in [-0.39, 0.29) is 5.54 Å². The summed E-state index contributed by atoms with van der Waals surface area (Å²) in [5.74, 6) is 0. The van der Waals surface area contributed by atoms with E-state index in [1.54, 1.807) is 7.11 Å². The second-order valence-electron chi connectivity index (χ2n) is 5.87. The molecule has 1 aliphatic rings. The molecule has 0 amide bonds. The molecule has 106 valence electrons. The maximum atomic E-state index is 5.07. The van der Waals surface area contributed by atoms with Gasteiger partial charge in [0.05, 0.1) is 6.61 Å². The maximum Gasteiger partial charge on any atom is 0.0587 e. The van der Waals surface area contributed by atoms with Gasteiger partial charge in [-0.1, -0.05) is 18.2 Å². The van der Waals surface area contributed by atoms with E-state index >= 15 is 0 Å². The fourth-order valence-electron chi connectivity index (χ4n) is 2.87. The van der Waals surface area contributed by atoms with Gasteiger partial charge in [0.2, 0.25) is 0 Å². The first-order valence-corrected chi connectivity index (χ1v) is 7.20. The highest BCUT2D eigenvalue weighted by molar-refractivity contribution is 5.56. The van der Waals surface area contributed by atoms with Gasteiger partial charge in [-0.3, -0.25) is 0 Å². The van der Waals surface area contributed by atoms with Gasteiger partial charge < -0.3 is 15.0 Å². The molecule has 1 aromatic carbocycles. The minimum absolute atomic E-state index is 0.280. The first-order chi connectivity index (χ1) is 9.15. The van der Waals surface area contributed by atoms with Crippen LogP contribution in [0.5, 0.6) is 0 Å². The number of nitrogens with zero attached hydrogens (tertiary/aromatic N) is 1. The third kappa shape index (κ3) is 3.48. The number of rotatable bonds is 6. The largest absolute Gasteiger partial charge is 0.383 e. The van der Waals surface area contributed by atoms with Crippen LogP contribution in [0.3, 0.4) is 0 Å². The lowest BCUT2D eigenvalue weighted by Gasteiger charge is -2.35. The molecule has 0 spiro atoms. The van der Waals surface area contributed by atoms with Crippen molar-refractivity contribution >= 4 is 5.69 Å². The van der Waals surface area contributed by atoms with E-state index in [2.05, 4.69) is 48.3 Å². The van der Waals surface area contributed by atoms with Crippen molar-refractivity contribution in [2.75, 3.05) is 31.7 Å². The van der Waals surface area contributed by atoms with Crippen LogP contribution in [0.2, 0.25) is 0 Å². The Morgan fingerprint density at radius 1 is 1.32 bits per heavy atom. The third-order valence-corrected chi connectivity index (χ3v) is 3.98. The Morgan fingerprint density at radius 3 is 2.79 bits per heavy atom. The highest BCUT2D eigenvalue weighted by atomic mass is 16.5. The number of methoxy groups -OCH3 is 1. The fraction of sp³-hybridized carbons (Fsp3) is 0.625. The summed E-state index contributed by atoms with van der Waals surface area (Å²) in [5.41, 5.74) is 3.05. The van der Waals surface area contributed by atoms with Crippen molar-refractivity contribution in [2.24, 2.45) is 0 Å². The predicted octanol–water partition coefficient (Wildman–Crippen LogP) is 2.80. The summed E-state index contributed by atoms with van der Waals surface area (Å²) in [6.45, 7) is 8.42. The molecule has 0 aliphatic carbocycles. The molecule has 0 atom stereocenters. The molecule has 0 aromatic heterocycles. The molecule has 1 aliphatic heterocycles. The average Bonchev–Trinajstić information content (AvgIpc) is 2.75. The summed E-state index contributed by atoms with van der Waals surface area (Å²) in [5, 5.41) is 3.44. The molecular weight excluding hydrogens is 236 g/mol. The van der Waals surface area contributed by atoms with Crippen LogP contribution in [0.4, 0.5) is 5.69 Å². The number of hydrogen-bond donors (Lipinski definition) is 1. The Kier molecular flexibility index (Phi) is 4.83. The van der Waals surface area contributed by atoms with Crippen LogP contribution >= 0.6 is 0 Å². The summed E-state index contributed by atoms with van der Waals surface area (Å²) in [7, 11) is 1.74. The number of ether oxygens (including phenoxy) is 1. The van der Waals surface area contributed by atoms with Crippen molar-refractivity contribution in [3.05, 3.63) is 29.8 Å². The smallest absolute Gasteiger partial charge is 0.0587 e. The van der Waals surface area contributed by atoms with Gasteiger partial charge in [-0.25, -0.2) is 0 Å². The van der Waals surface area contributed by atoms with Crippen LogP contribution in [0, 0.1) is 0 Å². The molecule has 0 saturated carbocycles. The van der Waals surface area contributed by atoms with Crippen molar-refractivity contribution in [1.29, 1.82) is 0 Å². The molecule has 0 radical (unpaired) electrons. The molecule has 3 nitrogen and oxygen atoms in total. The zero-order valence-electron chi connectivity index (χ0n) is 12.4. The van der Waals surface area contributed by atoms with Crippen molar-refractivity contribution < 1.29 is 4.74 Å². The fourth-order valence-corrected chi connectivity index (χ4v) is 2.87. The lowest BCUT2D eigenvalue weighted by Crippen LogP contribution is -2.39. The maximum absolute atomic E-state index is 5.07. The number of benzene rings is 1. The quantitative estimate of drug-likeness (QED) is 0.798. The van der Waals surface area contributed by atoms with E-state index in [4.69, 9.17) is 4.74 Å². The Labute approximate surface area is 116 Å². The van der Waals surface area contributed by atoms with Gasteiger partial charge in [0.1, 0.15) is 0 Å². The molecule has 1 N–H and O–H groups in total. The molecule has 0 bridgehead atoms. The monoisotopic (exact) mass is 262 g/mol. The van der Waals surface area contributed by atoms with Crippen molar-refractivity contribution in [1.82, 2.24) is 5.32 Å². The van der Waals surface area contributed by atoms with Gasteiger partial charge in [0.15, 0.2) is 0 Å². The average molecular weight is 262 g/mol. The van der Waals surface area contributed by atoms with Crippen molar-refractivity contribution in [2.45, 2.75) is 38.8 Å². The van der Waals surface area contributed by atoms with Crippen LogP contribution in [-0.2, 0) is 11.3 Å². The molecular formula is C16H26N2O. The highest BCUT2D eigenvalue weighted by Crippen LogP contribution is 2.35. The van der Waals surface area contributed by atoms with Crippen LogP contribution in [0.15, 0.2) is 24.3 Å². The number of nitrogens with one attached hydrogen (secondary N) is 1. The van der Waals surface area contributed by atoms with Crippen LogP contribution in [0.1, 0.15) is 32.3 Å². The SMILES string of the molecule is COCCNCc1ccccc1N1CCCC1(C)C. The summed E-state index contributed by atoms with van der Waals surface area (Å²) in [6, 6.07) is 8.74. The molecule has 19 heavy (non-hydrogen) atoms. The van der Waals surface area contributed by atoms with Gasteiger partial charge in [-0.2, -0.15) is 0 Å². The summed E-state index contributed by atoms with van der Waals surface area (Å²) >= 11 is 0. The molecule has 1 fully saturated rings. The zero-order valence-corrected chi connectivity index (χ0v) is 12.4. The first kappa shape index (κ1) is 14.4. The second-order valence-corrected chi connectivity index (χ2v) is 5.87. The van der Waals surface area contributed by atoms with E-state index in [1.165, 1.54) is 30.6 Å². The second kappa shape index (κ2) is 6.40. The Morgan fingerprint density at radius 2 is 2.11 bits per heavy atom. The topological polar surface area (TPSA) is 24.5 Å². The summed E-state index contributed by atoms with van der Waals surface area (Å²) in [6.07, 6.45) is 2.57. The first-order valence-electron chi connectivity index (χ1n) is 7.20. The van der Waals surface area contributed by atoms with Crippen LogP contribution < -0.4 is 10.2 Å². The molecule has 3 heteroatoms. The van der Waals surface area contributed by atoms with E-state index in [0.717, 1.165) is 19.7 Å². The zero-order chi connectivity index (χ0) is 13.7. The Bertz CT molecular complexity index is 403. The van der Waals surface area contributed by atoms with Crippen molar-refractivity contribution in [3.8, 4) is 0 Å². The number of para-hydroxylation sites is 1. The summed E-state index contributed by atoms with van der Waals surface area (Å²) in [4.78, 5) is 2.56. The molecule has 2 rings (SSSR count). The normalized spacial score (nSPS) is 17.9. The highest BCUT2D eigenvalue weighted by Gasteiger charge is 2.32. The summed E-state index contributed by atoms with van der Waals surface area (Å²) < 4.78 is 5.07. The van der Waals surface area contributed by atoms with E-state index in [0.29, 0.717) is 0 Å². The van der Waals surface area contributed by atoms with Gasteiger partial charge in [0, 0.05) is 38.0 Å². The molecule has 1 heterocycles. The van der Waals surface area contributed by atoms with E-state index in [9.17, 15) is 0 Å². The van der Waals surface area contributed by atoms with Gasteiger partial charge >= 0.3 is 0 Å². The Hall–Kier alpha value is -1.06. The number of anilines is 1. The minimum Gasteiger partial charge on any atom is -0.383 e. The minimum atomic E-state index is 0.280. The molecule has 0 unspecified atom stereocenters. The predicted molar refractivity (Wildman–Crippen MR) is 80.7 cm³/mol. The third-order valence-electron chi connectivity index (χ3n) is 3.98. The van der Waals surface area contributed by atoms with Crippen molar-refractivity contribution in [3.63, 3.8) is 0 Å². The van der Waals surface area contributed by atoms with Gasteiger partial charge in [0.25, 0.3) is 0 Å². The van der Waals surface area contributed by atoms with E-state index in [1.807, 2.05) is 0 Å². The molecule has 1 saturated heterocycles. The standard InChI is InChI=1S/C16H26N2O/c1-16(2)9-6-11-18(16)15-8-5-4-7-14(15)13-17-10-12-19-3/h4-5,7-8,17H,6,9-13H2,1-3H3. The van der Waals surface area contributed by atoms with Crippen LogP contribution in [0.25, 0.3) is 0 Å². The van der Waals surface area contributed by atoms with Crippen LogP contribution in [-0.4, -0.2) is 32.3 Å². The lowest BCUT2D eigenvalue weighted by atomic mass is 10.0. The van der Waals surface area contributed by atoms with Gasteiger partial charge in [-0.15, -0.1) is 0 Å². The van der Waals surface area contributed by atoms with Gasteiger partial charge in [-0.05, 0) is 38.3 Å². The van der Waals surface area contributed by atoms with E-state index < -0.39 is 0 Å². The Balaban J connectivity index is 2.08.